The number of nitrogens with zero attached hydrogens (tertiary/aromatic N) is 2. The zero-order valence-electron chi connectivity index (χ0n) is 11.0. The molecule has 0 fully saturated rings. The van der Waals surface area contributed by atoms with Gasteiger partial charge in [-0.25, -0.2) is 0 Å². The van der Waals surface area contributed by atoms with Crippen LogP contribution < -0.4 is 4.74 Å². The van der Waals surface area contributed by atoms with Gasteiger partial charge in [0.1, 0.15) is 5.75 Å². The van der Waals surface area contributed by atoms with Crippen LogP contribution >= 0.6 is 11.8 Å². The van der Waals surface area contributed by atoms with Gasteiger partial charge in [-0.15, -0.1) is 10.2 Å². The molecular formula is C13H16N2O3S. The third-order valence-corrected chi connectivity index (χ3v) is 3.26. The van der Waals surface area contributed by atoms with Crippen molar-refractivity contribution in [3.05, 3.63) is 35.7 Å². The normalized spacial score (nSPS) is 10.6. The molecule has 1 aromatic carbocycles. The number of thioether (sulfide) groups is 1. The van der Waals surface area contributed by atoms with Gasteiger partial charge < -0.3 is 13.9 Å². The Labute approximate surface area is 116 Å². The van der Waals surface area contributed by atoms with Crippen LogP contribution in [0.2, 0.25) is 0 Å². The van der Waals surface area contributed by atoms with Gasteiger partial charge >= 0.3 is 0 Å². The summed E-state index contributed by atoms with van der Waals surface area (Å²) in [6.07, 6.45) is 0.627. The quantitative estimate of drug-likeness (QED) is 0.573. The summed E-state index contributed by atoms with van der Waals surface area (Å²) in [6, 6.07) is 7.81. The van der Waals surface area contributed by atoms with Crippen molar-refractivity contribution >= 4 is 11.8 Å². The molecule has 0 saturated carbocycles. The minimum absolute atomic E-state index is 0.584. The molecule has 0 amide bonds. The van der Waals surface area contributed by atoms with E-state index >= 15 is 0 Å². The number of benzene rings is 1. The fourth-order valence-corrected chi connectivity index (χ4v) is 2.18. The molecule has 0 spiro atoms. The number of hydrogen-bond donors (Lipinski definition) is 0. The second-order valence-electron chi connectivity index (χ2n) is 3.83. The summed E-state index contributed by atoms with van der Waals surface area (Å²) >= 11 is 1.50. The molecular weight excluding hydrogens is 264 g/mol. The van der Waals surface area contributed by atoms with E-state index in [2.05, 4.69) is 10.2 Å². The molecule has 6 heteroatoms. The van der Waals surface area contributed by atoms with Crippen molar-refractivity contribution in [2.75, 3.05) is 26.6 Å². The maximum atomic E-state index is 5.54. The lowest BCUT2D eigenvalue weighted by Gasteiger charge is -2.00. The Morgan fingerprint density at radius 2 is 1.95 bits per heavy atom. The van der Waals surface area contributed by atoms with Crippen molar-refractivity contribution in [1.82, 2.24) is 10.2 Å². The Bertz CT molecular complexity index is 499. The van der Waals surface area contributed by atoms with Crippen molar-refractivity contribution in [1.29, 1.82) is 0 Å². The lowest BCUT2D eigenvalue weighted by molar-refractivity contribution is 0.218. The fourth-order valence-electron chi connectivity index (χ4n) is 1.50. The van der Waals surface area contributed by atoms with Gasteiger partial charge in [-0.1, -0.05) is 23.9 Å². The monoisotopic (exact) mass is 280 g/mol. The number of hydrogen-bond acceptors (Lipinski definition) is 6. The molecule has 2 rings (SSSR count). The highest BCUT2D eigenvalue weighted by Crippen LogP contribution is 2.18. The summed E-state index contributed by atoms with van der Waals surface area (Å²) in [5, 5.41) is 8.59. The Hall–Kier alpha value is -1.53. The van der Waals surface area contributed by atoms with Crippen molar-refractivity contribution in [2.24, 2.45) is 0 Å². The molecule has 0 N–H and O–H groups in total. The predicted octanol–water partition coefficient (Wildman–Crippen LogP) is 2.41. The second kappa shape index (κ2) is 7.16. The Kier molecular flexibility index (Phi) is 5.23. The van der Waals surface area contributed by atoms with Crippen LogP contribution in [0.3, 0.4) is 0 Å². The summed E-state index contributed by atoms with van der Waals surface area (Å²) < 4.78 is 15.6. The van der Waals surface area contributed by atoms with Gasteiger partial charge in [-0.05, 0) is 17.7 Å². The first-order chi connectivity index (χ1) is 9.31. The maximum absolute atomic E-state index is 5.54. The molecule has 0 unspecified atom stereocenters. The summed E-state index contributed by atoms with van der Waals surface area (Å²) in [7, 11) is 3.32. The molecule has 2 aromatic rings. The molecule has 1 heterocycles. The van der Waals surface area contributed by atoms with Gasteiger partial charge in [0.25, 0.3) is 5.22 Å². The number of ether oxygens (including phenoxy) is 2. The van der Waals surface area contributed by atoms with E-state index in [1.54, 1.807) is 14.2 Å². The van der Waals surface area contributed by atoms with E-state index in [0.717, 1.165) is 17.1 Å². The summed E-state index contributed by atoms with van der Waals surface area (Å²) in [6.45, 7) is 0.668. The van der Waals surface area contributed by atoms with Crippen molar-refractivity contribution in [3.8, 4) is 5.75 Å². The SMILES string of the molecule is COCCSc1nnc(Cc2ccc(OC)cc2)o1. The van der Waals surface area contributed by atoms with E-state index in [4.69, 9.17) is 13.9 Å². The average molecular weight is 280 g/mol. The molecule has 0 aliphatic heterocycles. The number of aromatic nitrogens is 2. The largest absolute Gasteiger partial charge is 0.497 e. The highest BCUT2D eigenvalue weighted by atomic mass is 32.2. The number of rotatable bonds is 7. The molecule has 0 radical (unpaired) electrons. The Morgan fingerprint density at radius 1 is 1.16 bits per heavy atom. The summed E-state index contributed by atoms with van der Waals surface area (Å²) in [5.41, 5.74) is 1.11. The molecule has 5 nitrogen and oxygen atoms in total. The average Bonchev–Trinajstić information content (AvgIpc) is 2.88. The molecule has 0 aliphatic rings. The lowest BCUT2D eigenvalue weighted by Crippen LogP contribution is -1.90. The standard InChI is InChI=1S/C13H16N2O3S/c1-16-7-8-19-13-15-14-12(18-13)9-10-3-5-11(17-2)6-4-10/h3-6H,7-9H2,1-2H3. The number of methoxy groups -OCH3 is 2. The zero-order valence-corrected chi connectivity index (χ0v) is 11.8. The third kappa shape index (κ3) is 4.25. The van der Waals surface area contributed by atoms with Crippen LogP contribution in [0.1, 0.15) is 11.5 Å². The topological polar surface area (TPSA) is 57.4 Å². The van der Waals surface area contributed by atoms with Crippen molar-refractivity contribution < 1.29 is 13.9 Å². The first-order valence-corrected chi connectivity index (χ1v) is 6.87. The van der Waals surface area contributed by atoms with E-state index in [-0.39, 0.29) is 0 Å². The van der Waals surface area contributed by atoms with Crippen LogP contribution in [0, 0.1) is 0 Å². The molecule has 0 atom stereocenters. The summed E-state index contributed by atoms with van der Waals surface area (Å²) in [5.74, 6) is 2.26. The van der Waals surface area contributed by atoms with Gasteiger partial charge in [0.2, 0.25) is 5.89 Å². The Balaban J connectivity index is 1.91. The van der Waals surface area contributed by atoms with Crippen LogP contribution in [-0.4, -0.2) is 36.8 Å². The van der Waals surface area contributed by atoms with Crippen LogP contribution in [0.5, 0.6) is 5.75 Å². The van der Waals surface area contributed by atoms with E-state index in [9.17, 15) is 0 Å². The predicted molar refractivity (Wildman–Crippen MR) is 72.7 cm³/mol. The van der Waals surface area contributed by atoms with E-state index < -0.39 is 0 Å². The van der Waals surface area contributed by atoms with E-state index in [1.165, 1.54) is 11.8 Å². The van der Waals surface area contributed by atoms with Crippen LogP contribution in [0.4, 0.5) is 0 Å². The lowest BCUT2D eigenvalue weighted by atomic mass is 10.1. The first kappa shape index (κ1) is 13.9. The van der Waals surface area contributed by atoms with E-state index in [1.807, 2.05) is 24.3 Å². The molecule has 19 heavy (non-hydrogen) atoms. The maximum Gasteiger partial charge on any atom is 0.276 e. The smallest absolute Gasteiger partial charge is 0.276 e. The molecule has 102 valence electrons. The van der Waals surface area contributed by atoms with Crippen LogP contribution in [-0.2, 0) is 11.2 Å². The van der Waals surface area contributed by atoms with Crippen LogP contribution in [0.15, 0.2) is 33.9 Å². The zero-order chi connectivity index (χ0) is 13.5. The molecule has 1 aromatic heterocycles. The fraction of sp³-hybridized carbons (Fsp3) is 0.385. The van der Waals surface area contributed by atoms with Crippen molar-refractivity contribution in [2.45, 2.75) is 11.6 Å². The van der Waals surface area contributed by atoms with Gasteiger partial charge in [0, 0.05) is 12.9 Å². The first-order valence-electron chi connectivity index (χ1n) is 5.89. The van der Waals surface area contributed by atoms with Gasteiger partial charge in [0.15, 0.2) is 0 Å². The van der Waals surface area contributed by atoms with Crippen molar-refractivity contribution in [3.63, 3.8) is 0 Å². The third-order valence-electron chi connectivity index (χ3n) is 2.48. The van der Waals surface area contributed by atoms with E-state index in [0.29, 0.717) is 24.1 Å². The Morgan fingerprint density at radius 3 is 2.63 bits per heavy atom. The molecule has 0 bridgehead atoms. The second-order valence-corrected chi connectivity index (χ2v) is 4.87. The minimum atomic E-state index is 0.584. The van der Waals surface area contributed by atoms with Crippen LogP contribution in [0.25, 0.3) is 0 Å². The highest BCUT2D eigenvalue weighted by molar-refractivity contribution is 7.99. The molecule has 0 saturated heterocycles. The molecule has 0 aliphatic carbocycles. The van der Waals surface area contributed by atoms with Gasteiger partial charge in [-0.2, -0.15) is 0 Å². The summed E-state index contributed by atoms with van der Waals surface area (Å²) in [4.78, 5) is 0. The van der Waals surface area contributed by atoms with Gasteiger partial charge in [0.05, 0.1) is 20.1 Å². The highest BCUT2D eigenvalue weighted by Gasteiger charge is 2.07. The minimum Gasteiger partial charge on any atom is -0.497 e. The van der Waals surface area contributed by atoms with Gasteiger partial charge in [-0.3, -0.25) is 0 Å².